The fourth-order valence-corrected chi connectivity index (χ4v) is 3.69. The third-order valence-electron chi connectivity index (χ3n) is 5.12. The zero-order chi connectivity index (χ0) is 21.1. The summed E-state index contributed by atoms with van der Waals surface area (Å²) in [6, 6.07) is 13.0. The van der Waals surface area contributed by atoms with Crippen molar-refractivity contribution in [1.82, 2.24) is 9.97 Å². The number of phenols is 2. The van der Waals surface area contributed by atoms with Crippen molar-refractivity contribution in [2.24, 2.45) is 5.73 Å². The zero-order valence-corrected chi connectivity index (χ0v) is 16.9. The maximum Gasteiger partial charge on any atom is 0.158 e. The standard InChI is InChI=1S/C24H25N3O3/c1-2-4-20-19-13-22(29)21(28)12-18(19)16(14-26-20)11-17-8-7-15-5-3-6-23(24(15)27-17)30-10-9-25/h3,5-8,12-14,28-29H,2,4,9-11,25H2,1H3. The number of fused-ring (bicyclic) bond motifs is 2. The minimum atomic E-state index is -0.138. The largest absolute Gasteiger partial charge is 0.504 e. The van der Waals surface area contributed by atoms with Crippen molar-refractivity contribution in [2.45, 2.75) is 26.2 Å². The third kappa shape index (κ3) is 3.86. The molecule has 30 heavy (non-hydrogen) atoms. The van der Waals surface area contributed by atoms with E-state index in [1.165, 1.54) is 0 Å². The van der Waals surface area contributed by atoms with E-state index in [2.05, 4.69) is 11.9 Å². The van der Waals surface area contributed by atoms with E-state index in [1.807, 2.05) is 36.5 Å². The van der Waals surface area contributed by atoms with Crippen molar-refractivity contribution in [3.05, 3.63) is 65.6 Å². The van der Waals surface area contributed by atoms with Crippen molar-refractivity contribution in [1.29, 1.82) is 0 Å². The van der Waals surface area contributed by atoms with Crippen molar-refractivity contribution in [3.63, 3.8) is 0 Å². The van der Waals surface area contributed by atoms with Crippen LogP contribution in [0.3, 0.4) is 0 Å². The molecule has 2 aromatic carbocycles. The average Bonchev–Trinajstić information content (AvgIpc) is 2.75. The molecule has 0 unspecified atom stereocenters. The predicted octanol–water partition coefficient (Wildman–Crippen LogP) is 4.08. The molecule has 4 rings (SSSR count). The van der Waals surface area contributed by atoms with Crippen LogP contribution in [-0.4, -0.2) is 33.3 Å². The second-order valence-corrected chi connectivity index (χ2v) is 7.31. The highest BCUT2D eigenvalue weighted by Gasteiger charge is 2.13. The van der Waals surface area contributed by atoms with Gasteiger partial charge in [0.25, 0.3) is 0 Å². The van der Waals surface area contributed by atoms with Crippen LogP contribution in [0.2, 0.25) is 0 Å². The molecule has 0 saturated heterocycles. The molecule has 0 spiro atoms. The first kappa shape index (κ1) is 19.9. The fraction of sp³-hybridized carbons (Fsp3) is 0.250. The summed E-state index contributed by atoms with van der Waals surface area (Å²) in [7, 11) is 0. The summed E-state index contributed by atoms with van der Waals surface area (Å²) in [6.45, 7) is 2.96. The van der Waals surface area contributed by atoms with E-state index in [0.717, 1.165) is 51.5 Å². The SMILES string of the molecule is CCCc1ncc(Cc2ccc3cccc(OCCN)c3n2)c2cc(O)c(O)cc12. The summed E-state index contributed by atoms with van der Waals surface area (Å²) < 4.78 is 5.75. The van der Waals surface area contributed by atoms with Crippen LogP contribution in [0.25, 0.3) is 21.7 Å². The van der Waals surface area contributed by atoms with Crippen LogP contribution in [0.15, 0.2) is 48.7 Å². The maximum absolute atomic E-state index is 10.1. The van der Waals surface area contributed by atoms with Crippen LogP contribution in [0.5, 0.6) is 17.2 Å². The average molecular weight is 403 g/mol. The molecule has 0 radical (unpaired) electrons. The third-order valence-corrected chi connectivity index (χ3v) is 5.12. The van der Waals surface area contributed by atoms with E-state index < -0.39 is 0 Å². The number of ether oxygens (including phenoxy) is 1. The summed E-state index contributed by atoms with van der Waals surface area (Å²) in [6.07, 6.45) is 4.13. The lowest BCUT2D eigenvalue weighted by molar-refractivity contribution is 0.331. The van der Waals surface area contributed by atoms with Gasteiger partial charge in [0.05, 0.1) is 0 Å². The predicted molar refractivity (Wildman–Crippen MR) is 118 cm³/mol. The molecule has 154 valence electrons. The van der Waals surface area contributed by atoms with Crippen LogP contribution in [0.1, 0.15) is 30.3 Å². The molecule has 2 aromatic heterocycles. The van der Waals surface area contributed by atoms with Gasteiger partial charge in [0, 0.05) is 41.3 Å². The second-order valence-electron chi connectivity index (χ2n) is 7.31. The van der Waals surface area contributed by atoms with Gasteiger partial charge in [0.2, 0.25) is 0 Å². The van der Waals surface area contributed by atoms with E-state index in [1.54, 1.807) is 12.1 Å². The minimum absolute atomic E-state index is 0.135. The molecule has 0 saturated carbocycles. The van der Waals surface area contributed by atoms with Crippen LogP contribution < -0.4 is 10.5 Å². The van der Waals surface area contributed by atoms with E-state index in [9.17, 15) is 10.2 Å². The summed E-state index contributed by atoms with van der Waals surface area (Å²) >= 11 is 0. The highest BCUT2D eigenvalue weighted by molar-refractivity contribution is 5.91. The number of nitrogens with two attached hydrogens (primary N) is 1. The zero-order valence-electron chi connectivity index (χ0n) is 16.9. The van der Waals surface area contributed by atoms with Gasteiger partial charge in [-0.05, 0) is 41.6 Å². The molecule has 2 heterocycles. The minimum Gasteiger partial charge on any atom is -0.504 e. The molecule has 6 heteroatoms. The molecule has 4 aromatic rings. The first-order valence-corrected chi connectivity index (χ1v) is 10.1. The Balaban J connectivity index is 1.78. The lowest BCUT2D eigenvalue weighted by Crippen LogP contribution is -2.11. The fourth-order valence-electron chi connectivity index (χ4n) is 3.69. The number of para-hydroxylation sites is 1. The number of hydrogen-bond acceptors (Lipinski definition) is 6. The van der Waals surface area contributed by atoms with Gasteiger partial charge < -0.3 is 20.7 Å². The van der Waals surface area contributed by atoms with Gasteiger partial charge in [-0.3, -0.25) is 4.98 Å². The number of aromatic hydroxyl groups is 2. The van der Waals surface area contributed by atoms with Crippen LogP contribution >= 0.6 is 0 Å². The first-order valence-electron chi connectivity index (χ1n) is 10.1. The topological polar surface area (TPSA) is 101 Å². The van der Waals surface area contributed by atoms with Crippen molar-refractivity contribution in [2.75, 3.05) is 13.2 Å². The second kappa shape index (κ2) is 8.55. The van der Waals surface area contributed by atoms with E-state index >= 15 is 0 Å². The molecule has 4 N–H and O–H groups in total. The van der Waals surface area contributed by atoms with Gasteiger partial charge in [-0.25, -0.2) is 4.98 Å². The lowest BCUT2D eigenvalue weighted by Gasteiger charge is -2.13. The Morgan fingerprint density at radius 2 is 1.83 bits per heavy atom. The maximum atomic E-state index is 10.1. The molecule has 0 aliphatic heterocycles. The van der Waals surface area contributed by atoms with Crippen LogP contribution in [0.4, 0.5) is 0 Å². The number of pyridine rings is 2. The van der Waals surface area contributed by atoms with Crippen molar-refractivity contribution < 1.29 is 14.9 Å². The Labute approximate surface area is 175 Å². The first-order chi connectivity index (χ1) is 14.6. The molecular weight excluding hydrogens is 378 g/mol. The number of aryl methyl sites for hydroxylation is 1. The summed E-state index contributed by atoms with van der Waals surface area (Å²) in [5, 5.41) is 22.8. The van der Waals surface area contributed by atoms with E-state index in [-0.39, 0.29) is 11.5 Å². The number of aromatic nitrogens is 2. The van der Waals surface area contributed by atoms with Crippen molar-refractivity contribution in [3.8, 4) is 17.2 Å². The molecule has 0 aliphatic rings. The van der Waals surface area contributed by atoms with E-state index in [0.29, 0.717) is 25.3 Å². The monoisotopic (exact) mass is 403 g/mol. The molecule has 0 atom stereocenters. The molecule has 0 amide bonds. The highest BCUT2D eigenvalue weighted by atomic mass is 16.5. The molecule has 6 nitrogen and oxygen atoms in total. The smallest absolute Gasteiger partial charge is 0.158 e. The molecule has 0 bridgehead atoms. The van der Waals surface area contributed by atoms with Gasteiger partial charge >= 0.3 is 0 Å². The number of phenolic OH excluding ortho intramolecular Hbond substituents is 2. The normalized spacial score (nSPS) is 11.3. The molecule has 0 fully saturated rings. The quantitative estimate of drug-likeness (QED) is 0.402. The highest BCUT2D eigenvalue weighted by Crippen LogP contribution is 2.34. The molecular formula is C24H25N3O3. The Morgan fingerprint density at radius 1 is 1.03 bits per heavy atom. The summed E-state index contributed by atoms with van der Waals surface area (Å²) in [4.78, 5) is 9.45. The lowest BCUT2D eigenvalue weighted by atomic mass is 9.99. The van der Waals surface area contributed by atoms with Crippen LogP contribution in [-0.2, 0) is 12.8 Å². The Kier molecular flexibility index (Phi) is 5.68. The number of benzene rings is 2. The number of nitrogens with zero attached hydrogens (tertiary/aromatic N) is 2. The van der Waals surface area contributed by atoms with Gasteiger partial charge in [-0.2, -0.15) is 0 Å². The van der Waals surface area contributed by atoms with Crippen LogP contribution in [0, 0.1) is 0 Å². The summed E-state index contributed by atoms with van der Waals surface area (Å²) in [5.74, 6) is 0.439. The Morgan fingerprint density at radius 3 is 2.60 bits per heavy atom. The van der Waals surface area contributed by atoms with Gasteiger partial charge in [0.15, 0.2) is 11.5 Å². The van der Waals surface area contributed by atoms with Gasteiger partial charge in [-0.15, -0.1) is 0 Å². The summed E-state index contributed by atoms with van der Waals surface area (Å²) in [5.41, 5.74) is 9.08. The molecule has 0 aliphatic carbocycles. The van der Waals surface area contributed by atoms with Gasteiger partial charge in [0.1, 0.15) is 17.9 Å². The van der Waals surface area contributed by atoms with Crippen molar-refractivity contribution >= 4 is 21.7 Å². The number of rotatable bonds is 7. The Hall–Kier alpha value is -3.38. The number of hydrogen-bond donors (Lipinski definition) is 3. The van der Waals surface area contributed by atoms with Gasteiger partial charge in [-0.1, -0.05) is 31.5 Å². The van der Waals surface area contributed by atoms with E-state index in [4.69, 9.17) is 15.5 Å². The Bertz CT molecular complexity index is 1210.